The van der Waals surface area contributed by atoms with E-state index in [1.165, 1.54) is 5.56 Å². The predicted molar refractivity (Wildman–Crippen MR) is 88.9 cm³/mol. The normalized spacial score (nSPS) is 15.5. The lowest BCUT2D eigenvalue weighted by atomic mass is 9.87. The smallest absolute Gasteiger partial charge is 0.251 e. The molecule has 22 heavy (non-hydrogen) atoms. The fourth-order valence-corrected chi connectivity index (χ4v) is 3.07. The van der Waals surface area contributed by atoms with E-state index in [-0.39, 0.29) is 5.91 Å². The monoisotopic (exact) mass is 294 g/mol. The Bertz CT molecular complexity index is 618. The molecule has 1 heterocycles. The Balaban J connectivity index is 1.72. The van der Waals surface area contributed by atoms with Crippen molar-refractivity contribution in [2.45, 2.75) is 25.3 Å². The van der Waals surface area contributed by atoms with Gasteiger partial charge in [-0.15, -0.1) is 0 Å². The number of piperidine rings is 1. The Morgan fingerprint density at radius 3 is 2.45 bits per heavy atom. The SMILES string of the molecule is O=C(NCc1ccccc1)c1ccccc1C1CCNCC1. The van der Waals surface area contributed by atoms with Crippen molar-refractivity contribution in [2.24, 2.45) is 0 Å². The number of benzene rings is 2. The van der Waals surface area contributed by atoms with Gasteiger partial charge in [0, 0.05) is 12.1 Å². The quantitative estimate of drug-likeness (QED) is 0.910. The third-order valence-electron chi connectivity index (χ3n) is 4.28. The zero-order valence-electron chi connectivity index (χ0n) is 12.7. The minimum atomic E-state index is 0.0259. The van der Waals surface area contributed by atoms with Gasteiger partial charge in [-0.3, -0.25) is 4.79 Å². The topological polar surface area (TPSA) is 41.1 Å². The summed E-state index contributed by atoms with van der Waals surface area (Å²) in [7, 11) is 0. The zero-order chi connectivity index (χ0) is 15.2. The number of amides is 1. The molecule has 1 aliphatic rings. The van der Waals surface area contributed by atoms with Gasteiger partial charge in [-0.1, -0.05) is 48.5 Å². The molecule has 0 aromatic heterocycles. The standard InChI is InChI=1S/C19H22N2O/c22-19(21-14-15-6-2-1-3-7-15)18-9-5-4-8-17(18)16-10-12-20-13-11-16/h1-9,16,20H,10-14H2,(H,21,22). The highest BCUT2D eigenvalue weighted by Gasteiger charge is 2.20. The molecule has 2 aromatic rings. The van der Waals surface area contributed by atoms with Crippen LogP contribution in [0.4, 0.5) is 0 Å². The number of carbonyl (C=O) groups excluding carboxylic acids is 1. The summed E-state index contributed by atoms with van der Waals surface area (Å²) in [4.78, 5) is 12.6. The average Bonchev–Trinajstić information content (AvgIpc) is 2.61. The molecule has 3 nitrogen and oxygen atoms in total. The molecule has 114 valence electrons. The van der Waals surface area contributed by atoms with Gasteiger partial charge >= 0.3 is 0 Å². The molecular weight excluding hydrogens is 272 g/mol. The molecule has 3 rings (SSSR count). The van der Waals surface area contributed by atoms with E-state index < -0.39 is 0 Å². The Morgan fingerprint density at radius 1 is 1.00 bits per heavy atom. The first-order valence-corrected chi connectivity index (χ1v) is 7.96. The molecule has 0 unspecified atom stereocenters. The average molecular weight is 294 g/mol. The van der Waals surface area contributed by atoms with Crippen molar-refractivity contribution in [1.29, 1.82) is 0 Å². The fourth-order valence-electron chi connectivity index (χ4n) is 3.07. The second-order valence-corrected chi connectivity index (χ2v) is 5.78. The van der Waals surface area contributed by atoms with Gasteiger partial charge in [-0.25, -0.2) is 0 Å². The summed E-state index contributed by atoms with van der Waals surface area (Å²) in [6, 6.07) is 18.0. The van der Waals surface area contributed by atoms with E-state index >= 15 is 0 Å². The Hall–Kier alpha value is -2.13. The van der Waals surface area contributed by atoms with Crippen LogP contribution >= 0.6 is 0 Å². The lowest BCUT2D eigenvalue weighted by Crippen LogP contribution is -2.29. The maximum atomic E-state index is 12.6. The van der Waals surface area contributed by atoms with Crippen LogP contribution in [0.2, 0.25) is 0 Å². The van der Waals surface area contributed by atoms with Gasteiger partial charge in [0.15, 0.2) is 0 Å². The summed E-state index contributed by atoms with van der Waals surface area (Å²) < 4.78 is 0. The minimum absolute atomic E-state index is 0.0259. The van der Waals surface area contributed by atoms with Gasteiger partial charge in [-0.05, 0) is 49.0 Å². The molecule has 1 saturated heterocycles. The first-order chi connectivity index (χ1) is 10.8. The molecule has 0 radical (unpaired) electrons. The lowest BCUT2D eigenvalue weighted by Gasteiger charge is -2.24. The number of rotatable bonds is 4. The van der Waals surface area contributed by atoms with Crippen molar-refractivity contribution in [3.05, 3.63) is 71.3 Å². The highest BCUT2D eigenvalue weighted by atomic mass is 16.1. The van der Waals surface area contributed by atoms with E-state index in [1.54, 1.807) is 0 Å². The molecule has 0 aliphatic carbocycles. The lowest BCUT2D eigenvalue weighted by molar-refractivity contribution is 0.0949. The summed E-state index contributed by atoms with van der Waals surface area (Å²) >= 11 is 0. The molecule has 0 spiro atoms. The van der Waals surface area contributed by atoms with Gasteiger partial charge in [0.25, 0.3) is 5.91 Å². The highest BCUT2D eigenvalue weighted by Crippen LogP contribution is 2.28. The summed E-state index contributed by atoms with van der Waals surface area (Å²) in [5, 5.41) is 6.42. The van der Waals surface area contributed by atoms with Crippen LogP contribution < -0.4 is 10.6 Å². The maximum absolute atomic E-state index is 12.6. The molecule has 0 saturated carbocycles. The third-order valence-corrected chi connectivity index (χ3v) is 4.28. The molecule has 0 atom stereocenters. The number of nitrogens with one attached hydrogen (secondary N) is 2. The molecule has 2 aromatic carbocycles. The third kappa shape index (κ3) is 3.55. The van der Waals surface area contributed by atoms with Gasteiger partial charge in [-0.2, -0.15) is 0 Å². The summed E-state index contributed by atoms with van der Waals surface area (Å²) in [5.41, 5.74) is 3.13. The van der Waals surface area contributed by atoms with Crippen LogP contribution in [0.5, 0.6) is 0 Å². The van der Waals surface area contributed by atoms with E-state index in [2.05, 4.69) is 16.7 Å². The molecule has 3 heteroatoms. The highest BCUT2D eigenvalue weighted by molar-refractivity contribution is 5.95. The number of hydrogen-bond acceptors (Lipinski definition) is 2. The summed E-state index contributed by atoms with van der Waals surface area (Å²) in [6.07, 6.45) is 2.20. The van der Waals surface area contributed by atoms with Crippen LogP contribution in [-0.2, 0) is 6.54 Å². The Kier molecular flexibility index (Phi) is 4.86. The summed E-state index contributed by atoms with van der Waals surface area (Å²) in [5.74, 6) is 0.512. The number of carbonyl (C=O) groups is 1. The van der Waals surface area contributed by atoms with Gasteiger partial charge in [0.2, 0.25) is 0 Å². The Morgan fingerprint density at radius 2 is 1.68 bits per heavy atom. The Labute approximate surface area is 131 Å². The zero-order valence-corrected chi connectivity index (χ0v) is 12.7. The molecule has 2 N–H and O–H groups in total. The molecule has 0 bridgehead atoms. The van der Waals surface area contributed by atoms with Crippen molar-refractivity contribution >= 4 is 5.91 Å². The van der Waals surface area contributed by atoms with E-state index in [0.29, 0.717) is 12.5 Å². The van der Waals surface area contributed by atoms with E-state index in [4.69, 9.17) is 0 Å². The van der Waals surface area contributed by atoms with Crippen molar-refractivity contribution in [2.75, 3.05) is 13.1 Å². The fraction of sp³-hybridized carbons (Fsp3) is 0.316. The van der Waals surface area contributed by atoms with Crippen LogP contribution in [0, 0.1) is 0 Å². The van der Waals surface area contributed by atoms with Crippen LogP contribution in [0.3, 0.4) is 0 Å². The van der Waals surface area contributed by atoms with Crippen LogP contribution in [0.1, 0.15) is 40.2 Å². The molecular formula is C19H22N2O. The second-order valence-electron chi connectivity index (χ2n) is 5.78. The van der Waals surface area contributed by atoms with E-state index in [0.717, 1.165) is 37.1 Å². The molecule has 1 amide bonds. The van der Waals surface area contributed by atoms with Crippen molar-refractivity contribution in [3.8, 4) is 0 Å². The van der Waals surface area contributed by atoms with Crippen molar-refractivity contribution < 1.29 is 4.79 Å². The largest absolute Gasteiger partial charge is 0.348 e. The van der Waals surface area contributed by atoms with Crippen molar-refractivity contribution in [1.82, 2.24) is 10.6 Å². The van der Waals surface area contributed by atoms with Crippen molar-refractivity contribution in [3.63, 3.8) is 0 Å². The summed E-state index contributed by atoms with van der Waals surface area (Å²) in [6.45, 7) is 2.63. The van der Waals surface area contributed by atoms with E-state index in [1.807, 2.05) is 48.5 Å². The van der Waals surface area contributed by atoms with Gasteiger partial charge in [0.05, 0.1) is 0 Å². The first kappa shape index (κ1) is 14.8. The van der Waals surface area contributed by atoms with Gasteiger partial charge < -0.3 is 10.6 Å². The first-order valence-electron chi connectivity index (χ1n) is 7.96. The molecule has 1 fully saturated rings. The number of hydrogen-bond donors (Lipinski definition) is 2. The van der Waals surface area contributed by atoms with Crippen LogP contribution in [0.25, 0.3) is 0 Å². The van der Waals surface area contributed by atoms with Gasteiger partial charge in [0.1, 0.15) is 0 Å². The predicted octanol–water partition coefficient (Wildman–Crippen LogP) is 3.08. The maximum Gasteiger partial charge on any atom is 0.251 e. The second kappa shape index (κ2) is 7.23. The van der Waals surface area contributed by atoms with E-state index in [9.17, 15) is 4.79 Å². The van der Waals surface area contributed by atoms with Crippen LogP contribution in [0.15, 0.2) is 54.6 Å². The molecule has 1 aliphatic heterocycles. The minimum Gasteiger partial charge on any atom is -0.348 e. The van der Waals surface area contributed by atoms with Crippen LogP contribution in [-0.4, -0.2) is 19.0 Å².